The third-order valence-corrected chi connectivity index (χ3v) is 2.95. The average Bonchev–Trinajstić information content (AvgIpc) is 2.13. The van der Waals surface area contributed by atoms with Gasteiger partial charge >= 0.3 is 0 Å². The fourth-order valence-corrected chi connectivity index (χ4v) is 1.91. The van der Waals surface area contributed by atoms with E-state index < -0.39 is 0 Å². The second-order valence-corrected chi connectivity index (χ2v) is 3.68. The van der Waals surface area contributed by atoms with E-state index in [1.54, 1.807) is 6.07 Å². The third kappa shape index (κ3) is 1.34. The van der Waals surface area contributed by atoms with Gasteiger partial charge in [0.2, 0.25) is 0 Å². The van der Waals surface area contributed by atoms with Gasteiger partial charge in [-0.15, -0.1) is 11.3 Å². The Morgan fingerprint density at radius 1 is 1.78 bits per heavy atom. The van der Waals surface area contributed by atoms with Crippen LogP contribution >= 0.6 is 33.9 Å². The van der Waals surface area contributed by atoms with E-state index in [1.165, 1.54) is 11.3 Å². The van der Waals surface area contributed by atoms with Crippen LogP contribution in [0.25, 0.3) is 0 Å². The summed E-state index contributed by atoms with van der Waals surface area (Å²) in [7, 11) is 0. The summed E-state index contributed by atoms with van der Waals surface area (Å²) in [4.78, 5) is 0.678. The summed E-state index contributed by atoms with van der Waals surface area (Å²) in [6.45, 7) is 0. The third-order valence-electron chi connectivity index (χ3n) is 0.823. The van der Waals surface area contributed by atoms with Crippen molar-refractivity contribution < 1.29 is 0 Å². The van der Waals surface area contributed by atoms with Crippen LogP contribution in [-0.2, 0) is 0 Å². The Kier molecular flexibility index (Phi) is 1.93. The molecule has 1 heterocycles. The number of hydrogen-bond acceptors (Lipinski definition) is 3. The Bertz CT molecular complexity index is 241. The smallest absolute Gasteiger partial charge is 0.110 e. The molecular weight excluding hydrogens is 247 g/mol. The van der Waals surface area contributed by atoms with Crippen LogP contribution in [0.5, 0.6) is 0 Å². The summed E-state index contributed by atoms with van der Waals surface area (Å²) in [6.07, 6.45) is 0. The molecule has 46 valence electrons. The molecule has 1 aromatic heterocycles. The van der Waals surface area contributed by atoms with Crippen molar-refractivity contribution in [3.05, 3.63) is 14.5 Å². The molecule has 0 fully saturated rings. The van der Waals surface area contributed by atoms with Crippen LogP contribution in [0, 0.1) is 14.9 Å². The first-order chi connectivity index (χ1) is 4.24. The van der Waals surface area contributed by atoms with Gasteiger partial charge < -0.3 is 5.73 Å². The average molecular weight is 250 g/mol. The molecule has 0 spiro atoms. The molecule has 1 rings (SSSR count). The summed E-state index contributed by atoms with van der Waals surface area (Å²) in [5.74, 6) is 0. The maximum Gasteiger partial charge on any atom is 0.110 e. The quantitative estimate of drug-likeness (QED) is 0.714. The number of rotatable bonds is 0. The van der Waals surface area contributed by atoms with Crippen molar-refractivity contribution in [3.63, 3.8) is 0 Å². The van der Waals surface area contributed by atoms with Gasteiger partial charge in [-0.2, -0.15) is 5.26 Å². The highest BCUT2D eigenvalue weighted by Crippen LogP contribution is 2.24. The van der Waals surface area contributed by atoms with Gasteiger partial charge in [-0.25, -0.2) is 0 Å². The van der Waals surface area contributed by atoms with Crippen LogP contribution in [0.2, 0.25) is 0 Å². The van der Waals surface area contributed by atoms with Crippen LogP contribution in [0.1, 0.15) is 4.88 Å². The van der Waals surface area contributed by atoms with E-state index in [0.717, 1.165) is 8.57 Å². The zero-order valence-electron chi connectivity index (χ0n) is 4.39. The Morgan fingerprint density at radius 2 is 2.44 bits per heavy atom. The molecule has 0 radical (unpaired) electrons. The lowest BCUT2D eigenvalue weighted by Crippen LogP contribution is -1.78. The van der Waals surface area contributed by atoms with Crippen molar-refractivity contribution in [3.8, 4) is 6.07 Å². The predicted molar refractivity (Wildman–Crippen MR) is 46.2 cm³/mol. The van der Waals surface area contributed by atoms with Crippen molar-refractivity contribution in [2.45, 2.75) is 0 Å². The van der Waals surface area contributed by atoms with Crippen LogP contribution in [0.3, 0.4) is 0 Å². The first kappa shape index (κ1) is 6.83. The van der Waals surface area contributed by atoms with E-state index in [9.17, 15) is 0 Å². The van der Waals surface area contributed by atoms with E-state index in [1.807, 2.05) is 6.07 Å². The molecule has 0 atom stereocenters. The highest BCUT2D eigenvalue weighted by Gasteiger charge is 2.00. The van der Waals surface area contributed by atoms with Gasteiger partial charge in [0.1, 0.15) is 15.9 Å². The van der Waals surface area contributed by atoms with Crippen LogP contribution in [0.15, 0.2) is 6.07 Å². The minimum absolute atomic E-state index is 0.678. The molecule has 0 aliphatic carbocycles. The van der Waals surface area contributed by atoms with E-state index >= 15 is 0 Å². The molecule has 0 amide bonds. The number of nitrogen functional groups attached to an aromatic ring is 1. The molecule has 0 saturated carbocycles. The van der Waals surface area contributed by atoms with Gasteiger partial charge in [0.15, 0.2) is 0 Å². The largest absolute Gasteiger partial charge is 0.390 e. The Labute approximate surface area is 70.4 Å². The summed E-state index contributed by atoms with van der Waals surface area (Å²) in [5, 5.41) is 9.11. The normalized spacial score (nSPS) is 8.89. The van der Waals surface area contributed by atoms with E-state index in [0.29, 0.717) is 4.88 Å². The molecule has 0 bridgehead atoms. The van der Waals surface area contributed by atoms with Gasteiger partial charge in [-0.05, 0) is 28.7 Å². The molecule has 0 aliphatic heterocycles. The van der Waals surface area contributed by atoms with E-state index in [4.69, 9.17) is 11.0 Å². The maximum absolute atomic E-state index is 8.38. The molecule has 9 heavy (non-hydrogen) atoms. The lowest BCUT2D eigenvalue weighted by molar-refractivity contribution is 1.52. The fourth-order valence-electron chi connectivity index (χ4n) is 0.438. The molecule has 0 saturated heterocycles. The van der Waals surface area contributed by atoms with Gasteiger partial charge in [0, 0.05) is 3.57 Å². The molecule has 1 aromatic rings. The monoisotopic (exact) mass is 250 g/mol. The maximum atomic E-state index is 8.38. The fraction of sp³-hybridized carbons (Fsp3) is 0. The van der Waals surface area contributed by atoms with Crippen LogP contribution < -0.4 is 5.73 Å². The van der Waals surface area contributed by atoms with Crippen molar-refractivity contribution >= 4 is 38.9 Å². The first-order valence-corrected chi connectivity index (χ1v) is 4.08. The predicted octanol–water partition coefficient (Wildman–Crippen LogP) is 1.81. The second-order valence-electron chi connectivity index (χ2n) is 1.43. The topological polar surface area (TPSA) is 49.8 Å². The van der Waals surface area contributed by atoms with E-state index in [2.05, 4.69) is 22.6 Å². The minimum atomic E-state index is 0.678. The minimum Gasteiger partial charge on any atom is -0.390 e. The van der Waals surface area contributed by atoms with Gasteiger partial charge in [0.05, 0.1) is 0 Å². The number of nitriles is 1. The lowest BCUT2D eigenvalue weighted by atomic mass is 10.5. The first-order valence-electron chi connectivity index (χ1n) is 2.19. The molecule has 0 unspecified atom stereocenters. The number of thiophene rings is 1. The van der Waals surface area contributed by atoms with Gasteiger partial charge in [-0.1, -0.05) is 0 Å². The SMILES string of the molecule is N#Cc1cc(I)c(N)s1. The number of nitrogens with two attached hydrogens (primary N) is 1. The molecule has 4 heteroatoms. The Balaban J connectivity index is 3.16. The molecular formula is C5H3IN2S. The Morgan fingerprint density at radius 3 is 2.67 bits per heavy atom. The zero-order chi connectivity index (χ0) is 6.85. The Hall–Kier alpha value is -0.280. The molecule has 0 aromatic carbocycles. The highest BCUT2D eigenvalue weighted by molar-refractivity contribution is 14.1. The summed E-state index contributed by atoms with van der Waals surface area (Å²) in [5.41, 5.74) is 5.48. The second kappa shape index (κ2) is 2.54. The number of nitrogens with zero attached hydrogens (tertiary/aromatic N) is 1. The molecule has 2 nitrogen and oxygen atoms in total. The van der Waals surface area contributed by atoms with Crippen molar-refractivity contribution in [1.82, 2.24) is 0 Å². The number of anilines is 1. The lowest BCUT2D eigenvalue weighted by Gasteiger charge is -1.78. The summed E-state index contributed by atoms with van der Waals surface area (Å²) >= 11 is 3.43. The van der Waals surface area contributed by atoms with Gasteiger partial charge in [0.25, 0.3) is 0 Å². The van der Waals surface area contributed by atoms with Crippen molar-refractivity contribution in [2.75, 3.05) is 5.73 Å². The van der Waals surface area contributed by atoms with Gasteiger partial charge in [-0.3, -0.25) is 0 Å². The number of halogens is 1. The molecule has 2 N–H and O–H groups in total. The summed E-state index contributed by atoms with van der Waals surface area (Å²) < 4.78 is 0.967. The van der Waals surface area contributed by atoms with Crippen LogP contribution in [0.4, 0.5) is 5.00 Å². The standard InChI is InChI=1S/C5H3IN2S/c6-4-1-3(2-7)9-5(4)8/h1H,8H2. The number of hydrogen-bond donors (Lipinski definition) is 1. The van der Waals surface area contributed by atoms with Crippen LogP contribution in [-0.4, -0.2) is 0 Å². The highest BCUT2D eigenvalue weighted by atomic mass is 127. The summed E-state index contributed by atoms with van der Waals surface area (Å²) in [6, 6.07) is 3.80. The molecule has 0 aliphatic rings. The van der Waals surface area contributed by atoms with Crippen molar-refractivity contribution in [1.29, 1.82) is 5.26 Å². The zero-order valence-corrected chi connectivity index (χ0v) is 7.36. The van der Waals surface area contributed by atoms with E-state index in [-0.39, 0.29) is 0 Å². The van der Waals surface area contributed by atoms with Crippen molar-refractivity contribution in [2.24, 2.45) is 0 Å².